The Morgan fingerprint density at radius 3 is 2.61 bits per heavy atom. The molecule has 1 N–H and O–H groups in total. The van der Waals surface area contributed by atoms with E-state index < -0.39 is 0 Å². The lowest BCUT2D eigenvalue weighted by Crippen LogP contribution is -2.50. The van der Waals surface area contributed by atoms with Crippen LogP contribution < -0.4 is 5.32 Å². The number of carbonyl (C=O) groups excluding carboxylic acids is 1. The highest BCUT2D eigenvalue weighted by atomic mass is 16.2. The molecule has 0 saturated carbocycles. The zero-order chi connectivity index (χ0) is 12.4. The van der Waals surface area contributed by atoms with Gasteiger partial charge in [0.15, 0.2) is 0 Å². The molecule has 0 aliphatic carbocycles. The van der Waals surface area contributed by atoms with Gasteiger partial charge in [-0.15, -0.1) is 0 Å². The maximum Gasteiger partial charge on any atom is 0.336 e. The number of rotatable bonds is 1. The van der Waals surface area contributed by atoms with Crippen LogP contribution in [0.3, 0.4) is 0 Å². The summed E-state index contributed by atoms with van der Waals surface area (Å²) in [5.41, 5.74) is 2.19. The van der Waals surface area contributed by atoms with Gasteiger partial charge < -0.3 is 5.32 Å². The van der Waals surface area contributed by atoms with Gasteiger partial charge in [0.05, 0.1) is 0 Å². The average molecular weight is 245 g/mol. The van der Waals surface area contributed by atoms with Crippen molar-refractivity contribution in [3.05, 3.63) is 29.8 Å². The van der Waals surface area contributed by atoms with Crippen molar-refractivity contribution in [1.29, 1.82) is 0 Å². The van der Waals surface area contributed by atoms with E-state index in [0.717, 1.165) is 31.7 Å². The van der Waals surface area contributed by atoms with Crippen molar-refractivity contribution >= 4 is 11.7 Å². The molecule has 0 atom stereocenters. The number of anilines is 1. The molecule has 4 nitrogen and oxygen atoms in total. The van der Waals surface area contributed by atoms with E-state index in [4.69, 9.17) is 0 Å². The quantitative estimate of drug-likeness (QED) is 0.825. The Morgan fingerprint density at radius 1 is 1.00 bits per heavy atom. The Kier molecular flexibility index (Phi) is 3.19. The zero-order valence-corrected chi connectivity index (χ0v) is 10.6. The molecule has 0 radical (unpaired) electrons. The summed E-state index contributed by atoms with van der Waals surface area (Å²) in [7, 11) is 0. The molecular weight excluding hydrogens is 226 g/mol. The third-order valence-corrected chi connectivity index (χ3v) is 3.76. The number of benzene rings is 1. The van der Waals surface area contributed by atoms with Gasteiger partial charge >= 0.3 is 6.03 Å². The van der Waals surface area contributed by atoms with Crippen LogP contribution in [0.15, 0.2) is 24.3 Å². The normalized spacial score (nSPS) is 21.1. The van der Waals surface area contributed by atoms with Crippen molar-refractivity contribution < 1.29 is 4.79 Å². The first-order valence-electron chi connectivity index (χ1n) is 6.76. The Hall–Kier alpha value is -1.55. The summed E-state index contributed by atoms with van der Waals surface area (Å²) in [5, 5.41) is 7.10. The predicted octanol–water partition coefficient (Wildman–Crippen LogP) is 2.48. The van der Waals surface area contributed by atoms with Crippen LogP contribution in [0.1, 0.15) is 24.8 Å². The van der Waals surface area contributed by atoms with Crippen molar-refractivity contribution in [3.63, 3.8) is 0 Å². The number of nitrogens with one attached hydrogen (secondary N) is 1. The highest BCUT2D eigenvalue weighted by molar-refractivity contribution is 5.90. The first-order chi connectivity index (χ1) is 8.84. The Morgan fingerprint density at radius 2 is 1.78 bits per heavy atom. The van der Waals surface area contributed by atoms with Gasteiger partial charge in [-0.2, -0.15) is 0 Å². The molecule has 2 aliphatic rings. The molecule has 4 heteroatoms. The van der Waals surface area contributed by atoms with E-state index in [1.807, 2.05) is 23.2 Å². The topological polar surface area (TPSA) is 35.6 Å². The lowest BCUT2D eigenvalue weighted by molar-refractivity contribution is 0.00546. The van der Waals surface area contributed by atoms with E-state index in [2.05, 4.69) is 16.4 Å². The van der Waals surface area contributed by atoms with Crippen LogP contribution in [-0.4, -0.2) is 35.7 Å². The smallest absolute Gasteiger partial charge is 0.306 e. The second kappa shape index (κ2) is 4.98. The monoisotopic (exact) mass is 245 g/mol. The minimum absolute atomic E-state index is 0.0156. The maximum atomic E-state index is 12.2. The highest BCUT2D eigenvalue weighted by Crippen LogP contribution is 2.22. The number of hydrogen-bond donors (Lipinski definition) is 1. The number of carbonyl (C=O) groups is 1. The number of nitrogens with zero attached hydrogens (tertiary/aromatic N) is 2. The van der Waals surface area contributed by atoms with Gasteiger partial charge in [-0.25, -0.2) is 9.80 Å². The van der Waals surface area contributed by atoms with Gasteiger partial charge in [-0.05, 0) is 30.9 Å². The number of urea groups is 1. The second-order valence-corrected chi connectivity index (χ2v) is 4.97. The summed E-state index contributed by atoms with van der Waals surface area (Å²) in [5.74, 6) is 0. The number of para-hydroxylation sites is 1. The Labute approximate surface area is 108 Å². The predicted molar refractivity (Wildman–Crippen MR) is 71.3 cm³/mol. The first-order valence-corrected chi connectivity index (χ1v) is 6.76. The van der Waals surface area contributed by atoms with Crippen LogP contribution in [0.4, 0.5) is 10.5 Å². The molecule has 1 aromatic rings. The fraction of sp³-hybridized carbons (Fsp3) is 0.500. The minimum Gasteiger partial charge on any atom is -0.306 e. The molecule has 2 heterocycles. The van der Waals surface area contributed by atoms with E-state index in [-0.39, 0.29) is 6.03 Å². The first kappa shape index (κ1) is 11.5. The van der Waals surface area contributed by atoms with E-state index >= 15 is 0 Å². The van der Waals surface area contributed by atoms with Crippen LogP contribution in [-0.2, 0) is 6.42 Å². The summed E-state index contributed by atoms with van der Waals surface area (Å²) >= 11 is 0. The van der Waals surface area contributed by atoms with Gasteiger partial charge in [0.25, 0.3) is 0 Å². The second-order valence-electron chi connectivity index (χ2n) is 4.97. The molecular formula is C14H19N3O. The molecule has 0 bridgehead atoms. The molecule has 1 aromatic carbocycles. The SMILES string of the molecule is O=C1Nc2ccccc2CCN1N1CCCCC1. The summed E-state index contributed by atoms with van der Waals surface area (Å²) in [6.07, 6.45) is 4.59. The molecule has 1 fully saturated rings. The molecule has 2 amide bonds. The zero-order valence-electron chi connectivity index (χ0n) is 10.6. The number of fused-ring (bicyclic) bond motifs is 1. The van der Waals surface area contributed by atoms with Crippen LogP contribution >= 0.6 is 0 Å². The Balaban J connectivity index is 1.78. The van der Waals surface area contributed by atoms with Crippen LogP contribution in [0.5, 0.6) is 0 Å². The van der Waals surface area contributed by atoms with Crippen LogP contribution in [0.2, 0.25) is 0 Å². The lowest BCUT2D eigenvalue weighted by atomic mass is 10.1. The summed E-state index contributed by atoms with van der Waals surface area (Å²) in [4.78, 5) is 12.2. The van der Waals surface area contributed by atoms with E-state index in [1.54, 1.807) is 0 Å². The van der Waals surface area contributed by atoms with E-state index in [0.29, 0.717) is 0 Å². The van der Waals surface area contributed by atoms with Crippen LogP contribution in [0.25, 0.3) is 0 Å². The molecule has 18 heavy (non-hydrogen) atoms. The minimum atomic E-state index is 0.0156. The number of piperidine rings is 1. The lowest BCUT2D eigenvalue weighted by Gasteiger charge is -2.36. The summed E-state index contributed by atoms with van der Waals surface area (Å²) < 4.78 is 0. The van der Waals surface area contributed by atoms with Gasteiger partial charge in [-0.3, -0.25) is 5.01 Å². The molecule has 0 aromatic heterocycles. The Bertz CT molecular complexity index is 440. The van der Waals surface area contributed by atoms with Gasteiger partial charge in [0, 0.05) is 25.3 Å². The molecule has 0 unspecified atom stereocenters. The van der Waals surface area contributed by atoms with Gasteiger partial charge in [-0.1, -0.05) is 24.6 Å². The highest BCUT2D eigenvalue weighted by Gasteiger charge is 2.25. The average Bonchev–Trinajstić information content (AvgIpc) is 2.58. The number of hydrogen-bond acceptors (Lipinski definition) is 2. The molecule has 3 rings (SSSR count). The van der Waals surface area contributed by atoms with Gasteiger partial charge in [0.1, 0.15) is 0 Å². The fourth-order valence-electron chi connectivity index (χ4n) is 2.76. The van der Waals surface area contributed by atoms with Crippen molar-refractivity contribution in [3.8, 4) is 0 Å². The third-order valence-electron chi connectivity index (χ3n) is 3.76. The van der Waals surface area contributed by atoms with Crippen molar-refractivity contribution in [2.45, 2.75) is 25.7 Å². The summed E-state index contributed by atoms with van der Waals surface area (Å²) in [6.45, 7) is 2.79. The molecule has 1 saturated heterocycles. The van der Waals surface area contributed by atoms with Gasteiger partial charge in [0.2, 0.25) is 0 Å². The van der Waals surface area contributed by atoms with Crippen molar-refractivity contribution in [1.82, 2.24) is 10.0 Å². The molecule has 96 valence electrons. The van der Waals surface area contributed by atoms with E-state index in [1.165, 1.54) is 24.8 Å². The largest absolute Gasteiger partial charge is 0.336 e. The number of hydrazine groups is 1. The van der Waals surface area contributed by atoms with Crippen molar-refractivity contribution in [2.75, 3.05) is 25.0 Å². The van der Waals surface area contributed by atoms with E-state index in [9.17, 15) is 4.79 Å². The molecule has 0 spiro atoms. The van der Waals surface area contributed by atoms with Crippen LogP contribution in [0, 0.1) is 0 Å². The standard InChI is InChI=1S/C14H19N3O/c18-14-15-13-7-3-2-6-12(13)8-11-17(14)16-9-4-1-5-10-16/h2-3,6-7H,1,4-5,8-11H2,(H,15,18). The van der Waals surface area contributed by atoms with Crippen molar-refractivity contribution in [2.24, 2.45) is 0 Å². The summed E-state index contributed by atoms with van der Waals surface area (Å²) in [6, 6.07) is 8.08. The number of amides is 2. The molecule has 2 aliphatic heterocycles. The maximum absolute atomic E-state index is 12.2. The fourth-order valence-corrected chi connectivity index (χ4v) is 2.76. The third kappa shape index (κ3) is 2.20.